The number of carbonyl (C=O) groups excluding carboxylic acids is 1. The van der Waals surface area contributed by atoms with Gasteiger partial charge in [-0.2, -0.15) is 0 Å². The summed E-state index contributed by atoms with van der Waals surface area (Å²) >= 11 is 5.74. The van der Waals surface area contributed by atoms with Gasteiger partial charge in [0.1, 0.15) is 17.4 Å². The summed E-state index contributed by atoms with van der Waals surface area (Å²) in [6.45, 7) is -0.143. The van der Waals surface area contributed by atoms with Gasteiger partial charge in [0.05, 0.1) is 17.7 Å². The minimum absolute atomic E-state index is 0.143. The Kier molecular flexibility index (Phi) is 4.56. The lowest BCUT2D eigenvalue weighted by atomic mass is 10.1. The molecule has 1 amide bonds. The lowest BCUT2D eigenvalue weighted by Gasteiger charge is -2.10. The summed E-state index contributed by atoms with van der Waals surface area (Å²) < 4.78 is 4.98. The van der Waals surface area contributed by atoms with E-state index < -0.39 is 16.9 Å². The Labute approximate surface area is 124 Å². The molecular formula is C13H11ClN2O5. The third-order valence-corrected chi connectivity index (χ3v) is 2.96. The summed E-state index contributed by atoms with van der Waals surface area (Å²) in [6, 6.07) is 6.84. The molecule has 0 spiro atoms. The zero-order chi connectivity index (χ0) is 15.4. The zero-order valence-corrected chi connectivity index (χ0v) is 11.4. The van der Waals surface area contributed by atoms with Crippen LogP contribution in [0.2, 0.25) is 5.02 Å². The van der Waals surface area contributed by atoms with E-state index in [9.17, 15) is 20.0 Å². The molecule has 7 nitrogen and oxygen atoms in total. The van der Waals surface area contributed by atoms with Gasteiger partial charge in [-0.05, 0) is 24.3 Å². The molecule has 110 valence electrons. The lowest BCUT2D eigenvalue weighted by molar-refractivity contribution is -0.385. The number of hydrogen-bond donors (Lipinski definition) is 2. The highest BCUT2D eigenvalue weighted by Gasteiger charge is 2.21. The summed E-state index contributed by atoms with van der Waals surface area (Å²) in [4.78, 5) is 22.2. The van der Waals surface area contributed by atoms with Crippen LogP contribution in [-0.4, -0.2) is 22.5 Å². The summed E-state index contributed by atoms with van der Waals surface area (Å²) in [5, 5.41) is 23.3. The van der Waals surface area contributed by atoms with Gasteiger partial charge in [0, 0.05) is 11.1 Å². The largest absolute Gasteiger partial charge is 0.467 e. The van der Waals surface area contributed by atoms with Crippen LogP contribution in [0, 0.1) is 10.1 Å². The van der Waals surface area contributed by atoms with Gasteiger partial charge in [-0.25, -0.2) is 0 Å². The molecule has 1 aromatic carbocycles. The molecule has 1 aromatic heterocycles. The van der Waals surface area contributed by atoms with Crippen molar-refractivity contribution in [1.29, 1.82) is 0 Å². The fourth-order valence-electron chi connectivity index (χ4n) is 1.72. The van der Waals surface area contributed by atoms with Crippen LogP contribution in [0.5, 0.6) is 0 Å². The minimum atomic E-state index is -1.04. The van der Waals surface area contributed by atoms with Crippen molar-refractivity contribution in [2.75, 3.05) is 6.54 Å². The molecule has 1 heterocycles. The van der Waals surface area contributed by atoms with Gasteiger partial charge in [-0.1, -0.05) is 11.6 Å². The molecule has 21 heavy (non-hydrogen) atoms. The lowest BCUT2D eigenvalue weighted by Crippen LogP contribution is -2.28. The second-order valence-electron chi connectivity index (χ2n) is 4.16. The maximum atomic E-state index is 12.0. The number of aliphatic hydroxyl groups excluding tert-OH is 1. The molecule has 2 rings (SSSR count). The number of nitrogens with zero attached hydrogens (tertiary/aromatic N) is 1. The zero-order valence-electron chi connectivity index (χ0n) is 10.7. The van der Waals surface area contributed by atoms with Crippen LogP contribution in [0.1, 0.15) is 22.2 Å². The minimum Gasteiger partial charge on any atom is -0.467 e. The number of halogens is 1. The molecule has 0 bridgehead atoms. The Hall–Kier alpha value is -2.38. The van der Waals surface area contributed by atoms with Crippen molar-refractivity contribution in [2.24, 2.45) is 0 Å². The second-order valence-corrected chi connectivity index (χ2v) is 4.60. The Morgan fingerprint density at radius 1 is 1.48 bits per heavy atom. The van der Waals surface area contributed by atoms with Crippen LogP contribution < -0.4 is 5.32 Å². The Bertz CT molecular complexity index is 657. The maximum Gasteiger partial charge on any atom is 0.282 e. The molecule has 1 atom stereocenters. The van der Waals surface area contributed by atoms with E-state index in [1.165, 1.54) is 18.4 Å². The van der Waals surface area contributed by atoms with E-state index in [2.05, 4.69) is 5.32 Å². The summed E-state index contributed by atoms with van der Waals surface area (Å²) in [5.74, 6) is -0.411. The van der Waals surface area contributed by atoms with Crippen LogP contribution in [0.4, 0.5) is 5.69 Å². The van der Waals surface area contributed by atoms with E-state index in [1.54, 1.807) is 12.1 Å². The van der Waals surface area contributed by atoms with Crippen LogP contribution in [0.3, 0.4) is 0 Å². The molecule has 0 radical (unpaired) electrons. The van der Waals surface area contributed by atoms with Crippen molar-refractivity contribution in [3.05, 3.63) is 63.1 Å². The molecular weight excluding hydrogens is 300 g/mol. The standard InChI is InChI=1S/C13H11ClN2O5/c14-8-3-4-10(16(19)20)9(6-8)13(18)15-7-11(17)12-2-1-5-21-12/h1-6,11,17H,7H2,(H,15,18). The van der Waals surface area contributed by atoms with Crippen LogP contribution in [0.25, 0.3) is 0 Å². The molecule has 1 unspecified atom stereocenters. The third-order valence-electron chi connectivity index (χ3n) is 2.73. The number of furan rings is 1. The van der Waals surface area contributed by atoms with Crippen molar-refractivity contribution in [2.45, 2.75) is 6.10 Å². The summed E-state index contributed by atoms with van der Waals surface area (Å²) in [6.07, 6.45) is 0.351. The highest BCUT2D eigenvalue weighted by molar-refractivity contribution is 6.31. The highest BCUT2D eigenvalue weighted by atomic mass is 35.5. The number of nitro benzene ring substituents is 1. The predicted octanol–water partition coefficient (Wildman–Crippen LogP) is 2.30. The van der Waals surface area contributed by atoms with Crippen molar-refractivity contribution in [3.63, 3.8) is 0 Å². The smallest absolute Gasteiger partial charge is 0.282 e. The van der Waals surface area contributed by atoms with Crippen LogP contribution >= 0.6 is 11.6 Å². The van der Waals surface area contributed by atoms with Gasteiger partial charge in [-0.3, -0.25) is 14.9 Å². The molecule has 0 saturated heterocycles. The average molecular weight is 311 g/mol. The maximum absolute atomic E-state index is 12.0. The molecule has 0 saturated carbocycles. The first-order valence-electron chi connectivity index (χ1n) is 5.92. The first-order chi connectivity index (χ1) is 9.99. The van der Waals surface area contributed by atoms with Crippen LogP contribution in [0.15, 0.2) is 41.0 Å². The molecule has 0 fully saturated rings. The fourth-order valence-corrected chi connectivity index (χ4v) is 1.89. The first-order valence-corrected chi connectivity index (χ1v) is 6.30. The quantitative estimate of drug-likeness (QED) is 0.651. The van der Waals surface area contributed by atoms with Gasteiger partial charge >= 0.3 is 0 Å². The number of nitro groups is 1. The SMILES string of the molecule is O=C(NCC(O)c1ccco1)c1cc(Cl)ccc1[N+](=O)[O-]. The monoisotopic (exact) mass is 310 g/mol. The van der Waals surface area contributed by atoms with Gasteiger partial charge in [0.25, 0.3) is 11.6 Å². The molecule has 0 aliphatic heterocycles. The van der Waals surface area contributed by atoms with E-state index in [0.717, 1.165) is 6.07 Å². The normalized spacial score (nSPS) is 11.9. The number of amides is 1. The first kappa shape index (κ1) is 15.0. The van der Waals surface area contributed by atoms with Crippen molar-refractivity contribution >= 4 is 23.2 Å². The van der Waals surface area contributed by atoms with E-state index in [0.29, 0.717) is 0 Å². The highest BCUT2D eigenvalue weighted by Crippen LogP contribution is 2.22. The number of benzene rings is 1. The number of rotatable bonds is 5. The molecule has 8 heteroatoms. The molecule has 2 aromatic rings. The fraction of sp³-hybridized carbons (Fsp3) is 0.154. The van der Waals surface area contributed by atoms with Crippen LogP contribution in [-0.2, 0) is 0 Å². The average Bonchev–Trinajstić information content (AvgIpc) is 2.98. The molecule has 0 aliphatic rings. The van der Waals surface area contributed by atoms with E-state index in [1.807, 2.05) is 0 Å². The van der Waals surface area contributed by atoms with Gasteiger partial charge in [0.15, 0.2) is 0 Å². The predicted molar refractivity (Wildman–Crippen MR) is 74.1 cm³/mol. The van der Waals surface area contributed by atoms with Gasteiger partial charge < -0.3 is 14.8 Å². The van der Waals surface area contributed by atoms with Crippen molar-refractivity contribution in [1.82, 2.24) is 5.32 Å². The number of hydrogen-bond acceptors (Lipinski definition) is 5. The van der Waals surface area contributed by atoms with Gasteiger partial charge in [-0.15, -0.1) is 0 Å². The number of carbonyl (C=O) groups is 1. The summed E-state index contributed by atoms with van der Waals surface area (Å²) in [5.41, 5.74) is -0.525. The third kappa shape index (κ3) is 3.59. The number of aliphatic hydroxyl groups is 1. The Balaban J connectivity index is 2.10. The second kappa shape index (κ2) is 6.38. The topological polar surface area (TPSA) is 106 Å². The summed E-state index contributed by atoms with van der Waals surface area (Å²) in [7, 11) is 0. The van der Waals surface area contributed by atoms with E-state index in [-0.39, 0.29) is 28.6 Å². The number of nitrogens with one attached hydrogen (secondary N) is 1. The molecule has 2 N–H and O–H groups in total. The Morgan fingerprint density at radius 3 is 2.86 bits per heavy atom. The van der Waals surface area contributed by atoms with Crippen molar-refractivity contribution < 1.29 is 19.2 Å². The van der Waals surface area contributed by atoms with Gasteiger partial charge in [0.2, 0.25) is 0 Å². The van der Waals surface area contributed by atoms with E-state index >= 15 is 0 Å². The molecule has 0 aliphatic carbocycles. The van der Waals surface area contributed by atoms with Crippen molar-refractivity contribution in [3.8, 4) is 0 Å². The Morgan fingerprint density at radius 2 is 2.24 bits per heavy atom. The van der Waals surface area contributed by atoms with E-state index in [4.69, 9.17) is 16.0 Å².